The Morgan fingerprint density at radius 2 is 2.33 bits per heavy atom. The van der Waals surface area contributed by atoms with Gasteiger partial charge in [0.1, 0.15) is 0 Å². The molecule has 3 aromatic rings. The topological polar surface area (TPSA) is 94.0 Å². The minimum absolute atomic E-state index is 0.0490. The Kier molecular flexibility index (Phi) is 4.10. The van der Waals surface area contributed by atoms with Crippen LogP contribution >= 0.6 is 34.4 Å². The molecule has 21 heavy (non-hydrogen) atoms. The van der Waals surface area contributed by atoms with E-state index in [1.165, 1.54) is 18.2 Å². The lowest BCUT2D eigenvalue weighted by Gasteiger charge is -2.05. The van der Waals surface area contributed by atoms with Crippen LogP contribution in [0.2, 0.25) is 0 Å². The Morgan fingerprint density at radius 1 is 1.48 bits per heavy atom. The van der Waals surface area contributed by atoms with Gasteiger partial charge in [-0.15, -0.1) is 0 Å². The number of nitrogens with zero attached hydrogens (tertiary/aromatic N) is 4. The van der Waals surface area contributed by atoms with Crippen LogP contribution in [0.1, 0.15) is 5.82 Å². The fourth-order valence-electron chi connectivity index (χ4n) is 1.87. The molecule has 1 N–H and O–H groups in total. The number of benzene rings is 1. The molecular weight excluding hydrogens is 407 g/mol. The van der Waals surface area contributed by atoms with Gasteiger partial charge in [0.15, 0.2) is 11.0 Å². The van der Waals surface area contributed by atoms with Crippen molar-refractivity contribution in [1.82, 2.24) is 19.7 Å². The fraction of sp³-hybridized carbons (Fsp3) is 0.167. The van der Waals surface area contributed by atoms with Gasteiger partial charge in [0, 0.05) is 3.57 Å². The van der Waals surface area contributed by atoms with E-state index >= 15 is 0 Å². The summed E-state index contributed by atoms with van der Waals surface area (Å²) in [6.07, 6.45) is 1.27. The highest BCUT2D eigenvalue weighted by Crippen LogP contribution is 2.26. The number of carboxylic acids is 1. The molecule has 2 heterocycles. The van der Waals surface area contributed by atoms with Crippen LogP contribution in [0.3, 0.4) is 0 Å². The summed E-state index contributed by atoms with van der Waals surface area (Å²) in [5, 5.41) is 13.3. The molecule has 108 valence electrons. The number of hydrogen-bond acceptors (Lipinski definition) is 6. The highest BCUT2D eigenvalue weighted by molar-refractivity contribution is 14.1. The van der Waals surface area contributed by atoms with Crippen molar-refractivity contribution < 1.29 is 14.4 Å². The molecule has 0 fully saturated rings. The van der Waals surface area contributed by atoms with Crippen LogP contribution in [0.15, 0.2) is 34.3 Å². The molecule has 7 nitrogen and oxygen atoms in total. The first-order chi connectivity index (χ1) is 10.1. The van der Waals surface area contributed by atoms with Crippen molar-refractivity contribution in [2.24, 2.45) is 0 Å². The number of carbonyl (C=O) groups is 1. The van der Waals surface area contributed by atoms with E-state index in [0.717, 1.165) is 14.6 Å². The Balaban J connectivity index is 2.03. The van der Waals surface area contributed by atoms with Gasteiger partial charge in [-0.3, -0.25) is 4.79 Å². The summed E-state index contributed by atoms with van der Waals surface area (Å²) in [4.78, 5) is 19.3. The summed E-state index contributed by atoms with van der Waals surface area (Å²) in [6, 6.07) is 5.88. The van der Waals surface area contributed by atoms with Crippen LogP contribution in [-0.2, 0) is 11.3 Å². The molecule has 0 atom stereocenters. The molecular formula is C12H9IN4O3S. The Hall–Kier alpha value is -1.62. The summed E-state index contributed by atoms with van der Waals surface area (Å²) >= 11 is 3.39. The third-order valence-corrected chi connectivity index (χ3v) is 4.34. The average molecular weight is 416 g/mol. The maximum atomic E-state index is 10.8. The molecule has 3 rings (SSSR count). The predicted molar refractivity (Wildman–Crippen MR) is 84.2 cm³/mol. The van der Waals surface area contributed by atoms with E-state index in [2.05, 4.69) is 37.7 Å². The lowest BCUT2D eigenvalue weighted by atomic mass is 10.3. The molecule has 0 bridgehead atoms. The second-order valence-corrected chi connectivity index (χ2v) is 6.33. The molecule has 0 spiro atoms. The first-order valence-corrected chi connectivity index (χ1v) is 7.95. The van der Waals surface area contributed by atoms with E-state index in [1.807, 2.05) is 22.8 Å². The van der Waals surface area contributed by atoms with Crippen LogP contribution in [0.25, 0.3) is 11.0 Å². The zero-order valence-electron chi connectivity index (χ0n) is 10.6. The first-order valence-electron chi connectivity index (χ1n) is 5.89. The number of aromatic nitrogens is 4. The molecule has 0 saturated heterocycles. The van der Waals surface area contributed by atoms with Gasteiger partial charge in [0.05, 0.1) is 23.3 Å². The number of imidazole rings is 1. The molecule has 0 aliphatic rings. The smallest absolute Gasteiger partial charge is 0.313 e. The Morgan fingerprint density at radius 3 is 3.05 bits per heavy atom. The van der Waals surface area contributed by atoms with Gasteiger partial charge in [0.25, 0.3) is 0 Å². The van der Waals surface area contributed by atoms with Gasteiger partial charge < -0.3 is 14.2 Å². The lowest BCUT2D eigenvalue weighted by Crippen LogP contribution is -2.05. The highest BCUT2D eigenvalue weighted by atomic mass is 127. The summed E-state index contributed by atoms with van der Waals surface area (Å²) in [6.45, 7) is 0.384. The largest absolute Gasteiger partial charge is 0.481 e. The van der Waals surface area contributed by atoms with Crippen LogP contribution in [-0.4, -0.2) is 36.5 Å². The van der Waals surface area contributed by atoms with E-state index in [9.17, 15) is 4.79 Å². The van der Waals surface area contributed by atoms with Crippen molar-refractivity contribution in [3.05, 3.63) is 34.0 Å². The van der Waals surface area contributed by atoms with E-state index in [4.69, 9.17) is 9.63 Å². The van der Waals surface area contributed by atoms with Gasteiger partial charge in [-0.1, -0.05) is 16.9 Å². The Labute approximate surface area is 136 Å². The van der Waals surface area contributed by atoms with E-state index in [1.54, 1.807) is 0 Å². The molecule has 1 aromatic carbocycles. The van der Waals surface area contributed by atoms with Gasteiger partial charge in [-0.25, -0.2) is 4.98 Å². The number of thioether (sulfide) groups is 1. The van der Waals surface area contributed by atoms with E-state index in [-0.39, 0.29) is 5.75 Å². The van der Waals surface area contributed by atoms with Gasteiger partial charge >= 0.3 is 5.97 Å². The molecule has 0 saturated carbocycles. The SMILES string of the molecule is O=C(O)CSc1nc2cc(I)ccc2n1Cc1ncon1. The average Bonchev–Trinajstić information content (AvgIpc) is 3.05. The van der Waals surface area contributed by atoms with Crippen molar-refractivity contribution in [3.8, 4) is 0 Å². The highest BCUT2D eigenvalue weighted by Gasteiger charge is 2.14. The zero-order chi connectivity index (χ0) is 14.8. The predicted octanol–water partition coefficient (Wildman–Crippen LogP) is 2.25. The Bertz CT molecular complexity index is 787. The van der Waals surface area contributed by atoms with E-state index in [0.29, 0.717) is 17.5 Å². The third-order valence-electron chi connectivity index (χ3n) is 2.71. The third kappa shape index (κ3) is 3.18. The number of aliphatic carboxylic acids is 1. The van der Waals surface area contributed by atoms with Crippen molar-refractivity contribution in [3.63, 3.8) is 0 Å². The lowest BCUT2D eigenvalue weighted by molar-refractivity contribution is -0.133. The number of hydrogen-bond donors (Lipinski definition) is 1. The standard InChI is InChI=1S/C12H9IN4O3S/c13-7-1-2-9-8(3-7)15-12(21-5-11(18)19)17(9)4-10-14-6-20-16-10/h1-3,6H,4-5H2,(H,18,19). The minimum atomic E-state index is -0.882. The number of halogens is 1. The molecule has 9 heteroatoms. The maximum absolute atomic E-state index is 10.8. The van der Waals surface area contributed by atoms with Crippen LogP contribution < -0.4 is 0 Å². The zero-order valence-corrected chi connectivity index (χ0v) is 13.5. The van der Waals surface area contributed by atoms with Crippen LogP contribution in [0.5, 0.6) is 0 Å². The van der Waals surface area contributed by atoms with Crippen molar-refractivity contribution in [2.75, 3.05) is 5.75 Å². The summed E-state index contributed by atoms with van der Waals surface area (Å²) in [7, 11) is 0. The quantitative estimate of drug-likeness (QED) is 0.504. The summed E-state index contributed by atoms with van der Waals surface area (Å²) in [5.41, 5.74) is 1.73. The molecule has 0 amide bonds. The molecule has 0 aliphatic heterocycles. The number of rotatable bonds is 5. The second-order valence-electron chi connectivity index (χ2n) is 4.14. The second kappa shape index (κ2) is 6.02. The maximum Gasteiger partial charge on any atom is 0.313 e. The number of fused-ring (bicyclic) bond motifs is 1. The molecule has 2 aromatic heterocycles. The molecule has 0 aliphatic carbocycles. The van der Waals surface area contributed by atoms with Crippen molar-refractivity contribution in [1.29, 1.82) is 0 Å². The monoisotopic (exact) mass is 416 g/mol. The van der Waals surface area contributed by atoms with Crippen molar-refractivity contribution in [2.45, 2.75) is 11.7 Å². The first kappa shape index (κ1) is 14.3. The summed E-state index contributed by atoms with van der Waals surface area (Å²) < 4.78 is 7.70. The normalized spacial score (nSPS) is 11.1. The van der Waals surface area contributed by atoms with E-state index < -0.39 is 5.97 Å². The number of carboxylic acid groups (broad SMARTS) is 1. The van der Waals surface area contributed by atoms with Crippen molar-refractivity contribution >= 4 is 51.4 Å². The van der Waals surface area contributed by atoms with Gasteiger partial charge in [0.2, 0.25) is 6.39 Å². The van der Waals surface area contributed by atoms with Crippen LogP contribution in [0.4, 0.5) is 0 Å². The van der Waals surface area contributed by atoms with Gasteiger partial charge in [-0.2, -0.15) is 4.98 Å². The van der Waals surface area contributed by atoms with Gasteiger partial charge in [-0.05, 0) is 40.8 Å². The molecule has 0 radical (unpaired) electrons. The molecule has 0 unspecified atom stereocenters. The van der Waals surface area contributed by atoms with Crippen LogP contribution in [0, 0.1) is 3.57 Å². The minimum Gasteiger partial charge on any atom is -0.481 e. The summed E-state index contributed by atoms with van der Waals surface area (Å²) in [5.74, 6) is -0.412. The fourth-order valence-corrected chi connectivity index (χ4v) is 3.08.